The molecule has 1 aliphatic heterocycles. The Balaban J connectivity index is 1.19. The Hall–Kier alpha value is -6.64. The van der Waals surface area contributed by atoms with Crippen molar-refractivity contribution >= 4 is 34.1 Å². The molecule has 1 spiro atoms. The summed E-state index contributed by atoms with van der Waals surface area (Å²) in [5.41, 5.74) is 16.7. The second-order valence-corrected chi connectivity index (χ2v) is 13.3. The Morgan fingerprint density at radius 1 is 0.333 bits per heavy atom. The predicted octanol–water partition coefficient (Wildman–Crippen LogP) is 13.0. The number of nitrogens with zero attached hydrogens (tertiary/aromatic N) is 2. The molecule has 0 atom stereocenters. The Bertz CT molecular complexity index is 2440. The van der Waals surface area contributed by atoms with Crippen LogP contribution in [0.5, 0.6) is 0 Å². The van der Waals surface area contributed by atoms with Gasteiger partial charge in [-0.3, -0.25) is 0 Å². The van der Waals surface area contributed by atoms with Crippen molar-refractivity contribution in [3.8, 4) is 22.3 Å². The lowest BCUT2D eigenvalue weighted by molar-refractivity contribution is 0.753. The molecule has 2 nitrogen and oxygen atoms in total. The highest BCUT2D eigenvalue weighted by Gasteiger charge is 2.51. The molecule has 0 N–H and O–H groups in total. The van der Waals surface area contributed by atoms with E-state index < -0.39 is 5.41 Å². The van der Waals surface area contributed by atoms with Gasteiger partial charge in [-0.2, -0.15) is 0 Å². The summed E-state index contributed by atoms with van der Waals surface area (Å²) in [5.74, 6) is 0. The van der Waals surface area contributed by atoms with Crippen molar-refractivity contribution in [2.24, 2.45) is 0 Å². The van der Waals surface area contributed by atoms with E-state index in [9.17, 15) is 0 Å². The van der Waals surface area contributed by atoms with Gasteiger partial charge in [0.1, 0.15) is 0 Å². The molecule has 8 aromatic rings. The van der Waals surface area contributed by atoms with Crippen molar-refractivity contribution in [1.29, 1.82) is 0 Å². The van der Waals surface area contributed by atoms with E-state index in [1.54, 1.807) is 0 Å². The number of hydrogen-bond donors (Lipinski definition) is 0. The molecule has 2 aliphatic rings. The van der Waals surface area contributed by atoms with Crippen molar-refractivity contribution in [2.45, 2.75) is 5.41 Å². The Kier molecular flexibility index (Phi) is 6.75. The summed E-state index contributed by atoms with van der Waals surface area (Å²) >= 11 is 0. The van der Waals surface area contributed by atoms with Crippen LogP contribution in [0.1, 0.15) is 22.3 Å². The average molecular weight is 651 g/mol. The molecule has 1 aliphatic carbocycles. The minimum absolute atomic E-state index is 0.474. The predicted molar refractivity (Wildman–Crippen MR) is 212 cm³/mol. The summed E-state index contributed by atoms with van der Waals surface area (Å²) < 4.78 is 0. The number of rotatable bonds is 5. The fourth-order valence-electron chi connectivity index (χ4n) is 8.55. The Labute approximate surface area is 299 Å². The minimum atomic E-state index is -0.474. The smallest absolute Gasteiger partial charge is 0.0754 e. The van der Waals surface area contributed by atoms with Gasteiger partial charge in [-0.1, -0.05) is 140 Å². The van der Waals surface area contributed by atoms with E-state index in [0.29, 0.717) is 0 Å². The van der Waals surface area contributed by atoms with Crippen LogP contribution in [0, 0.1) is 0 Å². The van der Waals surface area contributed by atoms with Gasteiger partial charge in [0, 0.05) is 22.7 Å². The van der Waals surface area contributed by atoms with Crippen LogP contribution in [0.15, 0.2) is 206 Å². The third-order valence-electron chi connectivity index (χ3n) is 10.6. The highest BCUT2D eigenvalue weighted by atomic mass is 15.2. The standard InChI is InChI=1S/C49H34N2/c1-4-16-37(17-5-1)50(38-18-6-2-7-19-38)40-31-28-35(29-32-40)36-30-33-48-46(34-36)49(43-24-12-10-22-41(43)42-23-11-13-25-44(42)49)45-26-14-15-27-47(45)51(48)39-20-8-3-9-21-39/h1-34H. The molecule has 1 heterocycles. The summed E-state index contributed by atoms with van der Waals surface area (Å²) in [6, 6.07) is 75.1. The molecule has 0 amide bonds. The van der Waals surface area contributed by atoms with Gasteiger partial charge in [0.25, 0.3) is 0 Å². The normalized spacial score (nSPS) is 13.2. The first-order valence-corrected chi connectivity index (χ1v) is 17.6. The van der Waals surface area contributed by atoms with Crippen LogP contribution in [0.25, 0.3) is 22.3 Å². The number of para-hydroxylation sites is 4. The number of benzene rings is 8. The SMILES string of the molecule is c1ccc(N(c2ccccc2)c2ccc(-c3ccc4c(c3)C3(c5ccccc5-c5ccccc53)c3ccccc3N4c3ccccc3)cc2)cc1. The largest absolute Gasteiger partial charge is 0.311 e. The molecule has 0 saturated carbocycles. The maximum Gasteiger partial charge on any atom is 0.0754 e. The highest BCUT2D eigenvalue weighted by Crippen LogP contribution is 2.63. The van der Waals surface area contributed by atoms with E-state index in [1.807, 2.05) is 0 Å². The molecule has 0 aromatic heterocycles. The summed E-state index contributed by atoms with van der Waals surface area (Å²) in [5, 5.41) is 0. The molecule has 2 heteroatoms. The number of anilines is 6. The van der Waals surface area contributed by atoms with Gasteiger partial charge in [-0.05, 0) is 111 Å². The van der Waals surface area contributed by atoms with Gasteiger partial charge in [0.15, 0.2) is 0 Å². The van der Waals surface area contributed by atoms with E-state index in [4.69, 9.17) is 0 Å². The molecular formula is C49H34N2. The topological polar surface area (TPSA) is 6.48 Å². The molecule has 0 saturated heterocycles. The Morgan fingerprint density at radius 3 is 1.39 bits per heavy atom. The zero-order valence-corrected chi connectivity index (χ0v) is 28.0. The van der Waals surface area contributed by atoms with Gasteiger partial charge >= 0.3 is 0 Å². The molecular weight excluding hydrogens is 617 g/mol. The first-order valence-electron chi connectivity index (χ1n) is 17.6. The number of hydrogen-bond acceptors (Lipinski definition) is 2. The molecule has 0 unspecified atom stereocenters. The maximum atomic E-state index is 2.46. The van der Waals surface area contributed by atoms with E-state index >= 15 is 0 Å². The van der Waals surface area contributed by atoms with E-state index in [-0.39, 0.29) is 0 Å². The van der Waals surface area contributed by atoms with Crippen LogP contribution in [0.3, 0.4) is 0 Å². The maximum absolute atomic E-state index is 2.46. The van der Waals surface area contributed by atoms with Gasteiger partial charge in [-0.15, -0.1) is 0 Å². The molecule has 8 aromatic carbocycles. The van der Waals surface area contributed by atoms with Crippen LogP contribution < -0.4 is 9.80 Å². The molecule has 51 heavy (non-hydrogen) atoms. The van der Waals surface area contributed by atoms with Crippen LogP contribution in [-0.2, 0) is 5.41 Å². The summed E-state index contributed by atoms with van der Waals surface area (Å²) in [6.07, 6.45) is 0. The zero-order valence-electron chi connectivity index (χ0n) is 28.0. The van der Waals surface area contributed by atoms with Crippen LogP contribution >= 0.6 is 0 Å². The molecule has 10 rings (SSSR count). The van der Waals surface area contributed by atoms with Crippen LogP contribution in [0.2, 0.25) is 0 Å². The third-order valence-corrected chi connectivity index (χ3v) is 10.6. The van der Waals surface area contributed by atoms with Crippen LogP contribution in [0.4, 0.5) is 34.1 Å². The lowest BCUT2D eigenvalue weighted by Gasteiger charge is -2.45. The van der Waals surface area contributed by atoms with Crippen LogP contribution in [-0.4, -0.2) is 0 Å². The number of fused-ring (bicyclic) bond motifs is 9. The van der Waals surface area contributed by atoms with Gasteiger partial charge in [0.2, 0.25) is 0 Å². The first kappa shape index (κ1) is 29.3. The fraction of sp³-hybridized carbons (Fsp3) is 0.0204. The lowest BCUT2D eigenvalue weighted by atomic mass is 9.64. The van der Waals surface area contributed by atoms with Crippen molar-refractivity contribution in [1.82, 2.24) is 0 Å². The van der Waals surface area contributed by atoms with E-state index in [1.165, 1.54) is 55.9 Å². The Morgan fingerprint density at radius 2 is 0.784 bits per heavy atom. The van der Waals surface area contributed by atoms with Crippen molar-refractivity contribution in [3.63, 3.8) is 0 Å². The molecule has 0 radical (unpaired) electrons. The van der Waals surface area contributed by atoms with Crippen molar-refractivity contribution < 1.29 is 0 Å². The highest BCUT2D eigenvalue weighted by molar-refractivity contribution is 5.96. The van der Waals surface area contributed by atoms with Crippen molar-refractivity contribution in [2.75, 3.05) is 9.80 Å². The summed E-state index contributed by atoms with van der Waals surface area (Å²) in [4.78, 5) is 4.76. The quantitative estimate of drug-likeness (QED) is 0.183. The minimum Gasteiger partial charge on any atom is -0.311 e. The first-order chi connectivity index (χ1) is 25.3. The fourth-order valence-corrected chi connectivity index (χ4v) is 8.55. The third kappa shape index (κ3) is 4.43. The van der Waals surface area contributed by atoms with E-state index in [0.717, 1.165) is 22.7 Å². The average Bonchev–Trinajstić information content (AvgIpc) is 3.50. The summed E-state index contributed by atoms with van der Waals surface area (Å²) in [6.45, 7) is 0. The summed E-state index contributed by atoms with van der Waals surface area (Å²) in [7, 11) is 0. The second-order valence-electron chi connectivity index (χ2n) is 13.3. The molecule has 0 fully saturated rings. The second kappa shape index (κ2) is 11.8. The van der Waals surface area contributed by atoms with Gasteiger partial charge in [0.05, 0.1) is 16.8 Å². The lowest BCUT2D eigenvalue weighted by Crippen LogP contribution is -2.36. The van der Waals surface area contributed by atoms with Gasteiger partial charge in [-0.25, -0.2) is 0 Å². The molecule has 240 valence electrons. The monoisotopic (exact) mass is 650 g/mol. The molecule has 0 bridgehead atoms. The van der Waals surface area contributed by atoms with Gasteiger partial charge < -0.3 is 9.80 Å². The van der Waals surface area contributed by atoms with E-state index in [2.05, 4.69) is 216 Å². The zero-order chi connectivity index (χ0) is 33.8. The van der Waals surface area contributed by atoms with Crippen molar-refractivity contribution in [3.05, 3.63) is 229 Å².